The highest BCUT2D eigenvalue weighted by Crippen LogP contribution is 2.25. The van der Waals surface area contributed by atoms with Crippen LogP contribution in [0.15, 0.2) is 18.7 Å². The Hall–Kier alpha value is -1.42. The zero-order valence-corrected chi connectivity index (χ0v) is 9.95. The van der Waals surface area contributed by atoms with Gasteiger partial charge in [0, 0.05) is 18.2 Å². The summed E-state index contributed by atoms with van der Waals surface area (Å²) in [6, 6.07) is 0. The molecule has 1 aromatic rings. The summed E-state index contributed by atoms with van der Waals surface area (Å²) in [5, 5.41) is 11.8. The van der Waals surface area contributed by atoms with Gasteiger partial charge in [-0.05, 0) is 12.0 Å². The van der Waals surface area contributed by atoms with Crippen molar-refractivity contribution in [2.24, 2.45) is 0 Å². The van der Waals surface area contributed by atoms with E-state index in [-0.39, 0.29) is 0 Å². The first-order chi connectivity index (χ1) is 7.65. The van der Waals surface area contributed by atoms with Crippen molar-refractivity contribution in [1.82, 2.24) is 20.1 Å². The van der Waals surface area contributed by atoms with E-state index in [1.807, 2.05) is 0 Å². The quantitative estimate of drug-likeness (QED) is 0.824. The summed E-state index contributed by atoms with van der Waals surface area (Å²) in [6.07, 6.45) is 1.05. The first-order valence-electron chi connectivity index (χ1n) is 5.67. The Morgan fingerprint density at radius 2 is 2.12 bits per heavy atom. The van der Waals surface area contributed by atoms with Crippen LogP contribution in [0.1, 0.15) is 37.8 Å². The number of nitrogens with zero attached hydrogens (tertiary/aromatic N) is 3. The Bertz CT molecular complexity index is 430. The lowest BCUT2D eigenvalue weighted by molar-refractivity contribution is 0.660. The van der Waals surface area contributed by atoms with Gasteiger partial charge < -0.3 is 5.32 Å². The Morgan fingerprint density at radius 3 is 2.81 bits per heavy atom. The van der Waals surface area contributed by atoms with E-state index in [2.05, 4.69) is 47.1 Å². The predicted octanol–water partition coefficient (Wildman–Crippen LogP) is 1.92. The van der Waals surface area contributed by atoms with Gasteiger partial charge in [-0.2, -0.15) is 0 Å². The standard InChI is InChI=1S/C12H18N4/c1-5-8(2)12-15-14-11-7-13-6-9(3)10(4)16(11)12/h8,13H,3-7H2,1-2H3. The van der Waals surface area contributed by atoms with Crippen molar-refractivity contribution < 1.29 is 0 Å². The average molecular weight is 218 g/mol. The van der Waals surface area contributed by atoms with Crippen LogP contribution in [0.5, 0.6) is 0 Å². The minimum Gasteiger partial charge on any atom is -0.306 e. The van der Waals surface area contributed by atoms with Gasteiger partial charge >= 0.3 is 0 Å². The minimum absolute atomic E-state index is 0.392. The largest absolute Gasteiger partial charge is 0.306 e. The molecule has 1 aromatic heterocycles. The van der Waals surface area contributed by atoms with E-state index in [1.54, 1.807) is 0 Å². The van der Waals surface area contributed by atoms with Gasteiger partial charge in [-0.15, -0.1) is 10.2 Å². The number of rotatable bonds is 2. The predicted molar refractivity (Wildman–Crippen MR) is 64.9 cm³/mol. The molecular formula is C12H18N4. The second-order valence-electron chi connectivity index (χ2n) is 4.27. The van der Waals surface area contributed by atoms with E-state index in [0.717, 1.165) is 42.4 Å². The fraction of sp³-hybridized carbons (Fsp3) is 0.500. The van der Waals surface area contributed by atoms with Crippen molar-refractivity contribution in [2.45, 2.75) is 32.7 Å². The summed E-state index contributed by atoms with van der Waals surface area (Å²) in [4.78, 5) is 0. The Kier molecular flexibility index (Phi) is 2.92. The molecule has 2 heterocycles. The molecule has 4 nitrogen and oxygen atoms in total. The highest BCUT2D eigenvalue weighted by atomic mass is 15.3. The zero-order chi connectivity index (χ0) is 11.7. The van der Waals surface area contributed by atoms with Crippen LogP contribution < -0.4 is 5.32 Å². The van der Waals surface area contributed by atoms with Crippen LogP contribution in [-0.4, -0.2) is 21.3 Å². The van der Waals surface area contributed by atoms with Crippen molar-refractivity contribution in [3.8, 4) is 0 Å². The highest BCUT2D eigenvalue weighted by Gasteiger charge is 2.21. The van der Waals surface area contributed by atoms with Gasteiger partial charge in [0.15, 0.2) is 5.82 Å². The molecule has 86 valence electrons. The second-order valence-corrected chi connectivity index (χ2v) is 4.27. The third kappa shape index (κ3) is 1.69. The summed E-state index contributed by atoms with van der Waals surface area (Å²) in [5.41, 5.74) is 1.92. The molecule has 1 unspecified atom stereocenters. The Labute approximate surface area is 96.1 Å². The number of nitrogens with one attached hydrogen (secondary N) is 1. The Balaban J connectivity index is 2.49. The van der Waals surface area contributed by atoms with Gasteiger partial charge in [-0.1, -0.05) is 27.0 Å². The summed E-state index contributed by atoms with van der Waals surface area (Å²) >= 11 is 0. The van der Waals surface area contributed by atoms with Crippen LogP contribution in [0.3, 0.4) is 0 Å². The zero-order valence-electron chi connectivity index (χ0n) is 9.95. The molecule has 0 aromatic carbocycles. The average Bonchev–Trinajstić information content (AvgIpc) is 2.65. The highest BCUT2D eigenvalue weighted by molar-refractivity contribution is 5.63. The summed E-state index contributed by atoms with van der Waals surface area (Å²) in [7, 11) is 0. The van der Waals surface area contributed by atoms with E-state index in [1.165, 1.54) is 0 Å². The molecule has 0 fully saturated rings. The molecular weight excluding hydrogens is 200 g/mol. The molecule has 0 aliphatic carbocycles. The van der Waals surface area contributed by atoms with Gasteiger partial charge in [0.25, 0.3) is 0 Å². The lowest BCUT2D eigenvalue weighted by atomic mass is 10.1. The molecule has 1 atom stereocenters. The molecule has 1 N–H and O–H groups in total. The maximum atomic E-state index is 4.27. The van der Waals surface area contributed by atoms with Crippen LogP contribution in [0.2, 0.25) is 0 Å². The fourth-order valence-corrected chi connectivity index (χ4v) is 1.83. The first kappa shape index (κ1) is 11.1. The minimum atomic E-state index is 0.392. The molecule has 4 heteroatoms. The van der Waals surface area contributed by atoms with E-state index in [4.69, 9.17) is 0 Å². The maximum Gasteiger partial charge on any atom is 0.151 e. The summed E-state index contributed by atoms with van der Waals surface area (Å²) in [5.74, 6) is 2.32. The second kappa shape index (κ2) is 4.22. The SMILES string of the molecule is C=C1CNCc2nnc(C(C)CC)n2C1=C. The molecule has 0 spiro atoms. The van der Waals surface area contributed by atoms with Crippen LogP contribution in [0.4, 0.5) is 0 Å². The van der Waals surface area contributed by atoms with Crippen molar-refractivity contribution in [2.75, 3.05) is 6.54 Å². The van der Waals surface area contributed by atoms with Crippen LogP contribution in [0.25, 0.3) is 5.70 Å². The molecule has 0 saturated carbocycles. The number of fused-ring (bicyclic) bond motifs is 1. The Morgan fingerprint density at radius 1 is 1.38 bits per heavy atom. The topological polar surface area (TPSA) is 42.7 Å². The maximum absolute atomic E-state index is 4.27. The van der Waals surface area contributed by atoms with Crippen LogP contribution in [-0.2, 0) is 6.54 Å². The van der Waals surface area contributed by atoms with Crippen LogP contribution >= 0.6 is 0 Å². The van der Waals surface area contributed by atoms with Crippen LogP contribution in [0, 0.1) is 0 Å². The smallest absolute Gasteiger partial charge is 0.151 e. The van der Waals surface area contributed by atoms with Crippen molar-refractivity contribution in [3.63, 3.8) is 0 Å². The van der Waals surface area contributed by atoms with E-state index in [9.17, 15) is 0 Å². The molecule has 2 rings (SSSR count). The third-order valence-corrected chi connectivity index (χ3v) is 3.11. The van der Waals surface area contributed by atoms with Crippen molar-refractivity contribution in [3.05, 3.63) is 30.4 Å². The third-order valence-electron chi connectivity index (χ3n) is 3.11. The monoisotopic (exact) mass is 218 g/mol. The molecule has 0 amide bonds. The molecule has 1 aliphatic rings. The fourth-order valence-electron chi connectivity index (χ4n) is 1.83. The lowest BCUT2D eigenvalue weighted by Crippen LogP contribution is -2.13. The van der Waals surface area contributed by atoms with E-state index < -0.39 is 0 Å². The van der Waals surface area contributed by atoms with Gasteiger partial charge in [0.1, 0.15) is 5.82 Å². The number of hydrogen-bond acceptors (Lipinski definition) is 3. The molecule has 0 saturated heterocycles. The van der Waals surface area contributed by atoms with E-state index in [0.29, 0.717) is 5.92 Å². The molecule has 0 radical (unpaired) electrons. The van der Waals surface area contributed by atoms with Crippen molar-refractivity contribution >= 4 is 5.70 Å². The number of aromatic nitrogens is 3. The van der Waals surface area contributed by atoms with Gasteiger partial charge in [-0.3, -0.25) is 4.57 Å². The molecule has 0 bridgehead atoms. The lowest BCUT2D eigenvalue weighted by Gasteiger charge is -2.14. The normalized spacial score (nSPS) is 18.1. The van der Waals surface area contributed by atoms with Gasteiger partial charge in [-0.25, -0.2) is 0 Å². The summed E-state index contributed by atoms with van der Waals surface area (Å²) in [6.45, 7) is 13.9. The van der Waals surface area contributed by atoms with E-state index >= 15 is 0 Å². The molecule has 16 heavy (non-hydrogen) atoms. The summed E-state index contributed by atoms with van der Waals surface area (Å²) < 4.78 is 2.05. The van der Waals surface area contributed by atoms with Gasteiger partial charge in [0.05, 0.1) is 6.54 Å². The first-order valence-corrected chi connectivity index (χ1v) is 5.67. The molecule has 1 aliphatic heterocycles. The number of hydrogen-bond donors (Lipinski definition) is 1. The van der Waals surface area contributed by atoms with Gasteiger partial charge in [0.2, 0.25) is 0 Å². The van der Waals surface area contributed by atoms with Crippen molar-refractivity contribution in [1.29, 1.82) is 0 Å².